The summed E-state index contributed by atoms with van der Waals surface area (Å²) in [6.07, 6.45) is 7.39. The highest BCUT2D eigenvalue weighted by Crippen LogP contribution is 2.02. The van der Waals surface area contributed by atoms with Crippen molar-refractivity contribution >= 4 is 12.8 Å². The zero-order chi connectivity index (χ0) is 15.5. The maximum absolute atomic E-state index is 9.76. The van der Waals surface area contributed by atoms with Crippen LogP contribution in [0.15, 0.2) is 11.6 Å². The molecule has 4 nitrogen and oxygen atoms in total. The lowest BCUT2D eigenvalue weighted by Gasteiger charge is -2.01. The van der Waals surface area contributed by atoms with Gasteiger partial charge in [-0.1, -0.05) is 25.5 Å². The third-order valence-corrected chi connectivity index (χ3v) is 2.17. The smallest absolute Gasteiger partial charge is 0.290 e. The molecule has 0 atom stereocenters. The first-order chi connectivity index (χ1) is 9.08. The van der Waals surface area contributed by atoms with Gasteiger partial charge in [0.05, 0.1) is 0 Å². The molecule has 0 bridgehead atoms. The van der Waals surface area contributed by atoms with Gasteiger partial charge in [-0.05, 0) is 53.2 Å². The van der Waals surface area contributed by atoms with Gasteiger partial charge in [-0.15, -0.1) is 0 Å². The second-order valence-corrected chi connectivity index (χ2v) is 4.14. The summed E-state index contributed by atoms with van der Waals surface area (Å²) in [6.45, 7) is 10.5. The Kier molecular flexibility index (Phi) is 26.7. The number of aldehydes is 1. The molecule has 0 aromatic heterocycles. The Hall–Kier alpha value is -1.16. The molecule has 1 fully saturated rings. The number of nitrogens with zero attached hydrogens (tertiary/aromatic N) is 1. The number of hydrogen-bond acceptors (Lipinski definition) is 3. The highest BCUT2D eigenvalue weighted by Gasteiger charge is 2.03. The third-order valence-electron chi connectivity index (χ3n) is 2.17. The summed E-state index contributed by atoms with van der Waals surface area (Å²) in [5.41, 5.74) is 1.28. The molecule has 1 aliphatic heterocycles. The van der Waals surface area contributed by atoms with Gasteiger partial charge in [0, 0.05) is 6.42 Å². The Labute approximate surface area is 118 Å². The van der Waals surface area contributed by atoms with Gasteiger partial charge in [0.15, 0.2) is 0 Å². The molecule has 0 unspecified atom stereocenters. The first-order valence-electron chi connectivity index (χ1n) is 6.91. The molecule has 0 radical (unpaired) electrons. The van der Waals surface area contributed by atoms with E-state index in [1.807, 2.05) is 27.7 Å². The number of unbranched alkanes of at least 4 members (excludes halogenated alkanes) is 1. The Bertz CT molecular complexity index is 205. The summed E-state index contributed by atoms with van der Waals surface area (Å²) in [4.78, 5) is 20.5. The fraction of sp³-hybridized carbons (Fsp3) is 0.733. The predicted molar refractivity (Wildman–Crippen MR) is 81.5 cm³/mol. The topological polar surface area (TPSA) is 57.6 Å². The van der Waals surface area contributed by atoms with Gasteiger partial charge in [-0.3, -0.25) is 4.79 Å². The summed E-state index contributed by atoms with van der Waals surface area (Å²) in [5.74, 6) is 0. The largest absolute Gasteiger partial charge is 0.483 e. The van der Waals surface area contributed by atoms with Crippen LogP contribution in [0.25, 0.3) is 0 Å². The molecule has 0 spiro atoms. The van der Waals surface area contributed by atoms with Crippen LogP contribution in [0.5, 0.6) is 0 Å². The number of carboxylic acid groups (broad SMARTS) is 1. The standard InChI is InChI=1S/C7H12O.C5H11N.C2H6.CH2O2/c1-7(2)5-3-4-6-8;1-6-4-2-3-5-6;1-2;2-1-3/h5-6H,3-4H2,1-2H3;2-5H2,1H3;1-2H3;1H,(H,2,3). The summed E-state index contributed by atoms with van der Waals surface area (Å²) >= 11 is 0. The Balaban J connectivity index is -0.000000205. The van der Waals surface area contributed by atoms with Crippen LogP contribution in [0.3, 0.4) is 0 Å². The molecular formula is C15H31NO3. The molecule has 1 heterocycles. The van der Waals surface area contributed by atoms with Crippen molar-refractivity contribution in [3.8, 4) is 0 Å². The van der Waals surface area contributed by atoms with E-state index in [0.29, 0.717) is 6.42 Å². The number of allylic oxidation sites excluding steroid dienone is 2. The lowest BCUT2D eigenvalue weighted by atomic mass is 10.2. The maximum atomic E-state index is 9.76. The Morgan fingerprint density at radius 2 is 1.53 bits per heavy atom. The summed E-state index contributed by atoms with van der Waals surface area (Å²) in [6, 6.07) is 0. The van der Waals surface area contributed by atoms with Crippen molar-refractivity contribution in [2.24, 2.45) is 0 Å². The van der Waals surface area contributed by atoms with Crippen molar-refractivity contribution in [3.63, 3.8) is 0 Å². The molecule has 0 amide bonds. The van der Waals surface area contributed by atoms with Gasteiger partial charge in [-0.2, -0.15) is 0 Å². The number of carbonyl (C=O) groups excluding carboxylic acids is 1. The van der Waals surface area contributed by atoms with E-state index < -0.39 is 0 Å². The van der Waals surface area contributed by atoms with Gasteiger partial charge in [0.25, 0.3) is 6.47 Å². The first-order valence-corrected chi connectivity index (χ1v) is 6.91. The van der Waals surface area contributed by atoms with Crippen LogP contribution >= 0.6 is 0 Å². The van der Waals surface area contributed by atoms with E-state index in [9.17, 15) is 4.79 Å². The summed E-state index contributed by atoms with van der Waals surface area (Å²) < 4.78 is 0. The molecule has 1 saturated heterocycles. The van der Waals surface area contributed by atoms with E-state index in [2.05, 4.69) is 18.0 Å². The number of carbonyl (C=O) groups is 2. The van der Waals surface area contributed by atoms with Crippen molar-refractivity contribution in [2.75, 3.05) is 20.1 Å². The maximum Gasteiger partial charge on any atom is 0.290 e. The zero-order valence-electron chi connectivity index (χ0n) is 13.2. The van der Waals surface area contributed by atoms with Gasteiger partial charge in [-0.25, -0.2) is 0 Å². The molecule has 1 aliphatic rings. The second kappa shape index (κ2) is 22.1. The SMILES string of the molecule is CC.CC(C)=CCCC=O.CN1CCCC1.O=CO. The molecule has 0 aromatic rings. The zero-order valence-corrected chi connectivity index (χ0v) is 13.2. The predicted octanol–water partition coefficient (Wildman–Crippen LogP) is 3.37. The van der Waals surface area contributed by atoms with Gasteiger partial charge >= 0.3 is 0 Å². The summed E-state index contributed by atoms with van der Waals surface area (Å²) in [7, 11) is 2.17. The van der Waals surface area contributed by atoms with Crippen molar-refractivity contribution < 1.29 is 14.7 Å². The van der Waals surface area contributed by atoms with Gasteiger partial charge in [0.1, 0.15) is 6.29 Å². The van der Waals surface area contributed by atoms with E-state index in [1.54, 1.807) is 0 Å². The van der Waals surface area contributed by atoms with Crippen LogP contribution in [0.1, 0.15) is 53.4 Å². The molecular weight excluding hydrogens is 242 g/mol. The molecule has 114 valence electrons. The Morgan fingerprint density at radius 1 is 1.11 bits per heavy atom. The van der Waals surface area contributed by atoms with Gasteiger partial charge < -0.3 is 14.8 Å². The Morgan fingerprint density at radius 3 is 1.74 bits per heavy atom. The fourth-order valence-electron chi connectivity index (χ4n) is 1.32. The van der Waals surface area contributed by atoms with Crippen LogP contribution in [-0.2, 0) is 9.59 Å². The van der Waals surface area contributed by atoms with Crippen molar-refractivity contribution in [1.82, 2.24) is 4.90 Å². The van der Waals surface area contributed by atoms with E-state index in [4.69, 9.17) is 9.90 Å². The molecule has 19 heavy (non-hydrogen) atoms. The van der Waals surface area contributed by atoms with Crippen LogP contribution in [0, 0.1) is 0 Å². The van der Waals surface area contributed by atoms with Crippen molar-refractivity contribution in [3.05, 3.63) is 11.6 Å². The molecule has 1 rings (SSSR count). The average molecular weight is 273 g/mol. The van der Waals surface area contributed by atoms with Gasteiger partial charge in [0.2, 0.25) is 0 Å². The second-order valence-electron chi connectivity index (χ2n) is 4.14. The quantitative estimate of drug-likeness (QED) is 0.486. The number of likely N-dealkylation sites (tertiary alicyclic amines) is 1. The summed E-state index contributed by atoms with van der Waals surface area (Å²) in [5, 5.41) is 6.89. The number of hydrogen-bond donors (Lipinski definition) is 1. The molecule has 1 N–H and O–H groups in total. The molecule has 0 aliphatic carbocycles. The third kappa shape index (κ3) is 31.6. The lowest BCUT2D eigenvalue weighted by Crippen LogP contribution is -2.10. The van der Waals surface area contributed by atoms with Crippen molar-refractivity contribution in [2.45, 2.75) is 53.4 Å². The van der Waals surface area contributed by atoms with Crippen molar-refractivity contribution in [1.29, 1.82) is 0 Å². The van der Waals surface area contributed by atoms with Crippen LogP contribution in [-0.4, -0.2) is 42.9 Å². The van der Waals surface area contributed by atoms with Crippen LogP contribution in [0.4, 0.5) is 0 Å². The molecule has 0 saturated carbocycles. The van der Waals surface area contributed by atoms with Crippen LogP contribution in [0.2, 0.25) is 0 Å². The molecule has 0 aromatic carbocycles. The highest BCUT2D eigenvalue weighted by molar-refractivity contribution is 5.49. The molecule has 4 heteroatoms. The van der Waals surface area contributed by atoms with E-state index in [-0.39, 0.29) is 6.47 Å². The number of rotatable bonds is 3. The minimum atomic E-state index is -0.250. The average Bonchev–Trinajstić information content (AvgIpc) is 2.85. The van der Waals surface area contributed by atoms with E-state index >= 15 is 0 Å². The van der Waals surface area contributed by atoms with E-state index in [1.165, 1.54) is 31.5 Å². The monoisotopic (exact) mass is 273 g/mol. The first kappa shape index (κ1) is 23.0. The minimum absolute atomic E-state index is 0.250. The fourth-order valence-corrected chi connectivity index (χ4v) is 1.32. The normalized spacial score (nSPS) is 12.5. The highest BCUT2D eigenvalue weighted by atomic mass is 16.3. The van der Waals surface area contributed by atoms with Crippen LogP contribution < -0.4 is 0 Å². The lowest BCUT2D eigenvalue weighted by molar-refractivity contribution is -0.122. The minimum Gasteiger partial charge on any atom is -0.483 e. The van der Waals surface area contributed by atoms with E-state index in [0.717, 1.165) is 12.7 Å².